The molecule has 94 valence electrons. The molecule has 0 saturated heterocycles. The number of rotatable bonds is 2. The van der Waals surface area contributed by atoms with E-state index in [1.54, 1.807) is 11.3 Å². The van der Waals surface area contributed by atoms with Gasteiger partial charge in [-0.3, -0.25) is 0 Å². The van der Waals surface area contributed by atoms with Crippen LogP contribution in [0.3, 0.4) is 0 Å². The summed E-state index contributed by atoms with van der Waals surface area (Å²) >= 11 is 5.00. The molecule has 0 unspecified atom stereocenters. The molecule has 1 aromatic carbocycles. The minimum atomic E-state index is 0.489. The summed E-state index contributed by atoms with van der Waals surface area (Å²) in [5.74, 6) is 1.57. The number of thiazole rings is 1. The van der Waals surface area contributed by atoms with Gasteiger partial charge < -0.3 is 15.2 Å². The molecule has 1 aromatic heterocycles. The Hall–Kier alpha value is -1.11. The van der Waals surface area contributed by atoms with E-state index >= 15 is 0 Å². The van der Waals surface area contributed by atoms with Gasteiger partial charge in [0.05, 0.1) is 4.88 Å². The summed E-state index contributed by atoms with van der Waals surface area (Å²) in [6, 6.07) is 5.86. The van der Waals surface area contributed by atoms with Gasteiger partial charge in [0.25, 0.3) is 0 Å². The van der Waals surface area contributed by atoms with Crippen LogP contribution in [0.2, 0.25) is 0 Å². The lowest BCUT2D eigenvalue weighted by molar-refractivity contribution is 0.171. The third kappa shape index (κ3) is 2.11. The highest BCUT2D eigenvalue weighted by Crippen LogP contribution is 2.37. The molecule has 18 heavy (non-hydrogen) atoms. The molecule has 4 nitrogen and oxygen atoms in total. The summed E-state index contributed by atoms with van der Waals surface area (Å²) in [5, 5.41) is 0.930. The van der Waals surface area contributed by atoms with Crippen LogP contribution in [0.5, 0.6) is 11.5 Å². The summed E-state index contributed by atoms with van der Waals surface area (Å²) < 4.78 is 11.9. The SMILES string of the molecule is NCc1sc(-c2ccc3c(c2)OCCO3)nc1Br. The number of hydrogen-bond donors (Lipinski definition) is 1. The van der Waals surface area contributed by atoms with Gasteiger partial charge in [0, 0.05) is 12.1 Å². The number of fused-ring (bicyclic) bond motifs is 1. The maximum absolute atomic E-state index is 5.65. The fourth-order valence-electron chi connectivity index (χ4n) is 1.76. The van der Waals surface area contributed by atoms with Crippen molar-refractivity contribution in [3.8, 4) is 22.1 Å². The van der Waals surface area contributed by atoms with E-state index in [1.165, 1.54) is 0 Å². The molecule has 0 spiro atoms. The molecule has 1 aliphatic rings. The zero-order chi connectivity index (χ0) is 12.5. The van der Waals surface area contributed by atoms with Crippen molar-refractivity contribution in [2.45, 2.75) is 6.54 Å². The quantitative estimate of drug-likeness (QED) is 0.921. The van der Waals surface area contributed by atoms with Gasteiger partial charge in [-0.2, -0.15) is 0 Å². The third-order valence-corrected chi connectivity index (χ3v) is 4.67. The second-order valence-electron chi connectivity index (χ2n) is 3.80. The van der Waals surface area contributed by atoms with Crippen LogP contribution in [0, 0.1) is 0 Å². The summed E-state index contributed by atoms with van der Waals surface area (Å²) in [4.78, 5) is 5.50. The van der Waals surface area contributed by atoms with Crippen LogP contribution in [0.15, 0.2) is 22.8 Å². The van der Waals surface area contributed by atoms with E-state index in [9.17, 15) is 0 Å². The van der Waals surface area contributed by atoms with Crippen LogP contribution in [0.4, 0.5) is 0 Å². The van der Waals surface area contributed by atoms with Gasteiger partial charge >= 0.3 is 0 Å². The highest BCUT2D eigenvalue weighted by atomic mass is 79.9. The number of nitrogens with zero attached hydrogens (tertiary/aromatic N) is 1. The lowest BCUT2D eigenvalue weighted by Gasteiger charge is -2.18. The van der Waals surface area contributed by atoms with Gasteiger partial charge in [0.15, 0.2) is 11.5 Å². The Morgan fingerprint density at radius 1 is 1.28 bits per heavy atom. The Morgan fingerprint density at radius 2 is 2.06 bits per heavy atom. The van der Waals surface area contributed by atoms with Crippen molar-refractivity contribution in [2.24, 2.45) is 5.73 Å². The zero-order valence-electron chi connectivity index (χ0n) is 9.48. The molecule has 2 N–H and O–H groups in total. The van der Waals surface area contributed by atoms with Crippen molar-refractivity contribution in [3.05, 3.63) is 27.7 Å². The molecule has 0 aliphatic carbocycles. The zero-order valence-corrected chi connectivity index (χ0v) is 11.9. The molecule has 0 amide bonds. The Kier molecular flexibility index (Phi) is 3.23. The molecular weight excluding hydrogens is 316 g/mol. The van der Waals surface area contributed by atoms with E-state index in [4.69, 9.17) is 15.2 Å². The predicted octanol–water partition coefficient (Wildman–Crippen LogP) is 2.80. The van der Waals surface area contributed by atoms with E-state index in [1.807, 2.05) is 18.2 Å². The van der Waals surface area contributed by atoms with Gasteiger partial charge in [0.2, 0.25) is 0 Å². The number of halogens is 1. The molecule has 0 saturated carbocycles. The van der Waals surface area contributed by atoms with Gasteiger partial charge in [-0.05, 0) is 34.1 Å². The second-order valence-corrected chi connectivity index (χ2v) is 5.63. The van der Waals surface area contributed by atoms with Crippen molar-refractivity contribution in [1.29, 1.82) is 0 Å². The van der Waals surface area contributed by atoms with E-state index in [0.717, 1.165) is 31.6 Å². The molecule has 2 aromatic rings. The standard InChI is InChI=1S/C12H11BrN2O2S/c13-11-10(6-14)18-12(15-11)7-1-2-8-9(5-7)17-4-3-16-8/h1-2,5H,3-4,6,14H2. The fourth-order valence-corrected chi connectivity index (χ4v) is 3.29. The van der Waals surface area contributed by atoms with E-state index in [2.05, 4.69) is 20.9 Å². The molecule has 3 rings (SSSR count). The first-order valence-corrected chi connectivity index (χ1v) is 7.14. The summed E-state index contributed by atoms with van der Waals surface area (Å²) in [6.07, 6.45) is 0. The van der Waals surface area contributed by atoms with Crippen molar-refractivity contribution in [2.75, 3.05) is 13.2 Å². The largest absolute Gasteiger partial charge is 0.486 e. The molecule has 0 radical (unpaired) electrons. The van der Waals surface area contributed by atoms with Crippen LogP contribution in [-0.2, 0) is 6.54 Å². The number of hydrogen-bond acceptors (Lipinski definition) is 5. The first kappa shape index (κ1) is 12.0. The Bertz CT molecular complexity index is 585. The van der Waals surface area contributed by atoms with Crippen LogP contribution in [-0.4, -0.2) is 18.2 Å². The second kappa shape index (κ2) is 4.87. The number of aromatic nitrogens is 1. The number of ether oxygens (including phenoxy) is 2. The molecule has 6 heteroatoms. The highest BCUT2D eigenvalue weighted by molar-refractivity contribution is 9.10. The average Bonchev–Trinajstić information content (AvgIpc) is 2.79. The van der Waals surface area contributed by atoms with Crippen molar-refractivity contribution in [1.82, 2.24) is 4.98 Å². The van der Waals surface area contributed by atoms with Crippen LogP contribution in [0.1, 0.15) is 4.88 Å². The van der Waals surface area contributed by atoms with Crippen LogP contribution in [0.25, 0.3) is 10.6 Å². The molecule has 0 bridgehead atoms. The summed E-state index contributed by atoms with van der Waals surface area (Å²) in [6.45, 7) is 1.68. The van der Waals surface area contributed by atoms with Gasteiger partial charge in [0.1, 0.15) is 22.8 Å². The molecular formula is C12H11BrN2O2S. The van der Waals surface area contributed by atoms with Crippen molar-refractivity contribution in [3.63, 3.8) is 0 Å². The minimum absolute atomic E-state index is 0.489. The topological polar surface area (TPSA) is 57.4 Å². The summed E-state index contributed by atoms with van der Waals surface area (Å²) in [7, 11) is 0. The Balaban J connectivity index is 2.00. The van der Waals surface area contributed by atoms with Gasteiger partial charge in [-0.15, -0.1) is 11.3 Å². The van der Waals surface area contributed by atoms with Crippen molar-refractivity contribution < 1.29 is 9.47 Å². The van der Waals surface area contributed by atoms with Crippen LogP contribution < -0.4 is 15.2 Å². The molecule has 0 atom stereocenters. The lowest BCUT2D eigenvalue weighted by atomic mass is 10.2. The predicted molar refractivity (Wildman–Crippen MR) is 74.1 cm³/mol. The first-order chi connectivity index (χ1) is 8.78. The van der Waals surface area contributed by atoms with E-state index in [-0.39, 0.29) is 0 Å². The maximum Gasteiger partial charge on any atom is 0.162 e. The molecule has 1 aliphatic heterocycles. The summed E-state index contributed by atoms with van der Waals surface area (Å²) in [5.41, 5.74) is 6.67. The fraction of sp³-hybridized carbons (Fsp3) is 0.250. The van der Waals surface area contributed by atoms with E-state index in [0.29, 0.717) is 19.8 Å². The Labute approximate surface area is 117 Å². The third-order valence-electron chi connectivity index (χ3n) is 2.62. The lowest BCUT2D eigenvalue weighted by Crippen LogP contribution is -2.15. The van der Waals surface area contributed by atoms with Crippen molar-refractivity contribution >= 4 is 27.3 Å². The van der Waals surface area contributed by atoms with E-state index < -0.39 is 0 Å². The maximum atomic E-state index is 5.65. The monoisotopic (exact) mass is 326 g/mol. The minimum Gasteiger partial charge on any atom is -0.486 e. The number of benzene rings is 1. The Morgan fingerprint density at radius 3 is 2.78 bits per heavy atom. The number of nitrogens with two attached hydrogens (primary N) is 1. The first-order valence-electron chi connectivity index (χ1n) is 5.53. The smallest absolute Gasteiger partial charge is 0.162 e. The normalized spacial score (nSPS) is 13.7. The van der Waals surface area contributed by atoms with Gasteiger partial charge in [-0.25, -0.2) is 4.98 Å². The molecule has 2 heterocycles. The van der Waals surface area contributed by atoms with Crippen LogP contribution >= 0.6 is 27.3 Å². The average molecular weight is 327 g/mol. The van der Waals surface area contributed by atoms with Gasteiger partial charge in [-0.1, -0.05) is 0 Å². The molecule has 0 fully saturated rings. The highest BCUT2D eigenvalue weighted by Gasteiger charge is 2.15.